The van der Waals surface area contributed by atoms with Gasteiger partial charge in [0.25, 0.3) is 0 Å². The van der Waals surface area contributed by atoms with Crippen LogP contribution >= 0.6 is 0 Å². The molecule has 5 rings (SSSR count). The topological polar surface area (TPSA) is 67.5 Å². The number of carbonyl (C=O) groups is 1. The van der Waals surface area contributed by atoms with Gasteiger partial charge in [0.05, 0.1) is 13.0 Å². The van der Waals surface area contributed by atoms with Gasteiger partial charge in [0.2, 0.25) is 0 Å². The third-order valence-corrected chi connectivity index (χ3v) is 6.94. The molecular weight excluding hydrogens is 445 g/mol. The van der Waals surface area contributed by atoms with Crippen LogP contribution in [0.2, 0.25) is 0 Å². The van der Waals surface area contributed by atoms with Crippen molar-refractivity contribution in [2.45, 2.75) is 51.7 Å². The van der Waals surface area contributed by atoms with E-state index in [2.05, 4.69) is 27.0 Å². The molecule has 1 aliphatic heterocycles. The third-order valence-electron chi connectivity index (χ3n) is 6.94. The van der Waals surface area contributed by atoms with Crippen LogP contribution in [0.25, 0.3) is 27.7 Å². The second-order valence-corrected chi connectivity index (χ2v) is 10.5. The average molecular weight is 478 g/mol. The van der Waals surface area contributed by atoms with E-state index in [4.69, 9.17) is 9.47 Å². The number of aromatic amines is 1. The number of fused-ring (bicyclic) bond motifs is 1. The second-order valence-electron chi connectivity index (χ2n) is 10.5. The van der Waals surface area contributed by atoms with Gasteiger partial charge in [0, 0.05) is 42.0 Å². The number of H-pyrrole nitrogens is 1. The van der Waals surface area contributed by atoms with Crippen molar-refractivity contribution in [3.05, 3.63) is 54.1 Å². The lowest BCUT2D eigenvalue weighted by Crippen LogP contribution is -2.49. The van der Waals surface area contributed by atoms with Crippen molar-refractivity contribution in [3.63, 3.8) is 0 Å². The molecule has 1 aromatic carbocycles. The lowest BCUT2D eigenvalue weighted by Gasteiger charge is -2.43. The molecule has 7 heteroatoms. The number of aromatic nitrogens is 2. The lowest BCUT2D eigenvalue weighted by molar-refractivity contribution is -0.165. The molecule has 3 heterocycles. The van der Waals surface area contributed by atoms with E-state index in [1.54, 1.807) is 19.4 Å². The van der Waals surface area contributed by atoms with Crippen LogP contribution in [0, 0.1) is 11.7 Å². The number of hydrogen-bond donors (Lipinski definition) is 1. The van der Waals surface area contributed by atoms with Crippen LogP contribution in [0.15, 0.2) is 42.6 Å². The molecule has 2 aromatic heterocycles. The lowest BCUT2D eigenvalue weighted by atomic mass is 9.78. The number of pyridine rings is 1. The fourth-order valence-electron chi connectivity index (χ4n) is 5.05. The smallest absolute Gasteiger partial charge is 0.309 e. The van der Waals surface area contributed by atoms with Crippen LogP contribution in [-0.2, 0) is 9.53 Å². The molecule has 2 aliphatic rings. The summed E-state index contributed by atoms with van der Waals surface area (Å²) < 4.78 is 25.0. The Bertz CT molecular complexity index is 1280. The standard InChI is InChI=1S/C28H32FN3O3/c1-28(2,3)35-27(33)18-13-20(14-18)32-11-8-17(9-12-32)24-16-23-21(7-10-30-26(23)31-24)22-15-19(29)5-6-25(22)34-4/h5-8,10,15-16,18,20H,9,11-14H2,1-4H3,(H,30,31). The van der Waals surface area contributed by atoms with E-state index in [1.165, 1.54) is 17.7 Å². The Kier molecular flexibility index (Phi) is 6.13. The van der Waals surface area contributed by atoms with Crippen LogP contribution in [0.5, 0.6) is 5.75 Å². The Morgan fingerprint density at radius 1 is 1.17 bits per heavy atom. The number of nitrogens with zero attached hydrogens (tertiary/aromatic N) is 2. The molecule has 0 amide bonds. The maximum atomic E-state index is 14.0. The number of benzene rings is 1. The number of esters is 1. The summed E-state index contributed by atoms with van der Waals surface area (Å²) in [6, 6.07) is 8.98. The summed E-state index contributed by atoms with van der Waals surface area (Å²) in [6.45, 7) is 7.54. The summed E-state index contributed by atoms with van der Waals surface area (Å²) >= 11 is 0. The summed E-state index contributed by atoms with van der Waals surface area (Å²) in [6.07, 6.45) is 6.65. The van der Waals surface area contributed by atoms with Gasteiger partial charge in [0.1, 0.15) is 22.8 Å². The number of carbonyl (C=O) groups excluding carboxylic acids is 1. The first-order chi connectivity index (χ1) is 16.7. The van der Waals surface area contributed by atoms with E-state index >= 15 is 0 Å². The highest BCUT2D eigenvalue weighted by Crippen LogP contribution is 2.38. The Hall–Kier alpha value is -3.19. The largest absolute Gasteiger partial charge is 0.496 e. The number of nitrogens with one attached hydrogen (secondary N) is 1. The number of hydrogen-bond acceptors (Lipinski definition) is 5. The molecule has 3 aromatic rings. The van der Waals surface area contributed by atoms with Crippen molar-refractivity contribution >= 4 is 22.6 Å². The maximum Gasteiger partial charge on any atom is 0.309 e. The Morgan fingerprint density at radius 2 is 1.97 bits per heavy atom. The van der Waals surface area contributed by atoms with Crippen molar-refractivity contribution in [3.8, 4) is 16.9 Å². The number of halogens is 1. The van der Waals surface area contributed by atoms with Crippen molar-refractivity contribution in [1.29, 1.82) is 0 Å². The van der Waals surface area contributed by atoms with Gasteiger partial charge in [-0.1, -0.05) is 6.08 Å². The first-order valence-corrected chi connectivity index (χ1v) is 12.2. The maximum absolute atomic E-state index is 14.0. The quantitative estimate of drug-likeness (QED) is 0.486. The van der Waals surface area contributed by atoms with E-state index < -0.39 is 5.60 Å². The molecule has 0 radical (unpaired) electrons. The van der Waals surface area contributed by atoms with Gasteiger partial charge >= 0.3 is 5.97 Å². The fraction of sp³-hybridized carbons (Fsp3) is 0.429. The molecular formula is C28H32FN3O3. The zero-order valence-electron chi connectivity index (χ0n) is 20.7. The first-order valence-electron chi connectivity index (χ1n) is 12.2. The average Bonchev–Trinajstić information content (AvgIpc) is 3.22. The van der Waals surface area contributed by atoms with Crippen molar-refractivity contribution in [1.82, 2.24) is 14.9 Å². The predicted molar refractivity (Wildman–Crippen MR) is 135 cm³/mol. The minimum Gasteiger partial charge on any atom is -0.496 e. The summed E-state index contributed by atoms with van der Waals surface area (Å²) in [5.41, 5.74) is 4.22. The van der Waals surface area contributed by atoms with E-state index in [-0.39, 0.29) is 17.7 Å². The van der Waals surface area contributed by atoms with Gasteiger partial charge in [-0.15, -0.1) is 0 Å². The van der Waals surface area contributed by atoms with Crippen molar-refractivity contribution < 1.29 is 18.7 Å². The molecule has 0 saturated heterocycles. The highest BCUT2D eigenvalue weighted by molar-refractivity contribution is 5.96. The minimum absolute atomic E-state index is 0.0163. The molecule has 0 bridgehead atoms. The molecule has 0 unspecified atom stereocenters. The SMILES string of the molecule is COc1ccc(F)cc1-c1ccnc2[nH]c(C3=CCN(C4CC(C(=O)OC(C)(C)C)C4)CC3)cc12. The van der Waals surface area contributed by atoms with Crippen LogP contribution in [-0.4, -0.2) is 52.7 Å². The summed E-state index contributed by atoms with van der Waals surface area (Å²) in [5.74, 6) is 0.266. The van der Waals surface area contributed by atoms with E-state index in [0.29, 0.717) is 17.4 Å². The predicted octanol–water partition coefficient (Wildman–Crippen LogP) is 5.59. The molecule has 1 N–H and O–H groups in total. The van der Waals surface area contributed by atoms with Crippen LogP contribution in [0.4, 0.5) is 4.39 Å². The normalized spacial score (nSPS) is 20.9. The van der Waals surface area contributed by atoms with Crippen LogP contribution < -0.4 is 4.74 Å². The Labute approximate surface area is 205 Å². The summed E-state index contributed by atoms with van der Waals surface area (Å²) in [5, 5.41) is 0.939. The molecule has 1 fully saturated rings. The molecule has 1 saturated carbocycles. The van der Waals surface area contributed by atoms with Gasteiger partial charge in [-0.25, -0.2) is 9.37 Å². The van der Waals surface area contributed by atoms with E-state index in [0.717, 1.165) is 54.6 Å². The number of methoxy groups -OCH3 is 1. The molecule has 6 nitrogen and oxygen atoms in total. The van der Waals surface area contributed by atoms with Crippen molar-refractivity contribution in [2.75, 3.05) is 20.2 Å². The second kappa shape index (κ2) is 9.11. The molecule has 184 valence electrons. The molecule has 35 heavy (non-hydrogen) atoms. The first kappa shape index (κ1) is 23.5. The number of rotatable bonds is 5. The zero-order chi connectivity index (χ0) is 24.7. The molecule has 0 spiro atoms. The van der Waals surface area contributed by atoms with Crippen molar-refractivity contribution in [2.24, 2.45) is 5.92 Å². The van der Waals surface area contributed by atoms with Gasteiger partial charge in [-0.3, -0.25) is 9.69 Å². The highest BCUT2D eigenvalue weighted by atomic mass is 19.1. The van der Waals surface area contributed by atoms with E-state index in [9.17, 15) is 9.18 Å². The molecule has 1 aliphatic carbocycles. The van der Waals surface area contributed by atoms with Crippen LogP contribution in [0.3, 0.4) is 0 Å². The number of ether oxygens (including phenoxy) is 2. The van der Waals surface area contributed by atoms with Gasteiger partial charge < -0.3 is 14.5 Å². The van der Waals surface area contributed by atoms with Gasteiger partial charge in [-0.2, -0.15) is 0 Å². The van der Waals surface area contributed by atoms with Gasteiger partial charge in [0.15, 0.2) is 0 Å². The van der Waals surface area contributed by atoms with E-state index in [1.807, 2.05) is 26.8 Å². The Balaban J connectivity index is 1.30. The molecule has 0 atom stereocenters. The fourth-order valence-corrected chi connectivity index (χ4v) is 5.05. The zero-order valence-corrected chi connectivity index (χ0v) is 20.7. The highest BCUT2D eigenvalue weighted by Gasteiger charge is 2.40. The minimum atomic E-state index is -0.432. The van der Waals surface area contributed by atoms with Gasteiger partial charge in [-0.05, 0) is 81.5 Å². The monoisotopic (exact) mass is 477 g/mol. The summed E-state index contributed by atoms with van der Waals surface area (Å²) in [4.78, 5) is 22.7. The third kappa shape index (κ3) is 4.82. The van der Waals surface area contributed by atoms with Crippen LogP contribution in [0.1, 0.15) is 45.7 Å². The Morgan fingerprint density at radius 3 is 2.66 bits per heavy atom. The summed E-state index contributed by atoms with van der Waals surface area (Å²) in [7, 11) is 1.59.